The van der Waals surface area contributed by atoms with Gasteiger partial charge in [-0.2, -0.15) is 5.10 Å². The molecule has 5 nitrogen and oxygen atoms in total. The van der Waals surface area contributed by atoms with Gasteiger partial charge in [0.25, 0.3) is 0 Å². The van der Waals surface area contributed by atoms with Gasteiger partial charge in [0.05, 0.1) is 16.8 Å². The van der Waals surface area contributed by atoms with Crippen molar-refractivity contribution in [3.05, 3.63) is 59.1 Å². The van der Waals surface area contributed by atoms with Crippen molar-refractivity contribution in [1.29, 1.82) is 0 Å². The van der Waals surface area contributed by atoms with E-state index in [0.717, 1.165) is 22.6 Å². The standard InChI is InChI=1S/C22H28ClN3O2/c1-16(24-26(6)18-10-8-7-9-11-18)19-14-17(23)12-13-20(19)25(5)15-28-21(27)22(2,3)4/h7-14H,15H2,1-6H3/b24-16+. The third-order valence-electron chi connectivity index (χ3n) is 4.19. The number of nitrogens with zero attached hydrogens (tertiary/aromatic N) is 3. The molecule has 0 aliphatic heterocycles. The summed E-state index contributed by atoms with van der Waals surface area (Å²) in [4.78, 5) is 13.9. The highest BCUT2D eigenvalue weighted by atomic mass is 35.5. The van der Waals surface area contributed by atoms with Gasteiger partial charge in [0.2, 0.25) is 0 Å². The zero-order chi connectivity index (χ0) is 20.9. The molecule has 0 amide bonds. The minimum Gasteiger partial charge on any atom is -0.444 e. The van der Waals surface area contributed by atoms with Crippen LogP contribution in [-0.4, -0.2) is 32.5 Å². The Labute approximate surface area is 172 Å². The van der Waals surface area contributed by atoms with Gasteiger partial charge in [-0.3, -0.25) is 9.80 Å². The summed E-state index contributed by atoms with van der Waals surface area (Å²) in [6.07, 6.45) is 0. The zero-order valence-electron chi connectivity index (χ0n) is 17.4. The van der Waals surface area contributed by atoms with E-state index in [2.05, 4.69) is 0 Å². The molecular formula is C22H28ClN3O2. The Morgan fingerprint density at radius 3 is 2.36 bits per heavy atom. The fourth-order valence-corrected chi connectivity index (χ4v) is 2.72. The highest BCUT2D eigenvalue weighted by Gasteiger charge is 2.23. The van der Waals surface area contributed by atoms with E-state index in [1.165, 1.54) is 0 Å². The number of benzene rings is 2. The second-order valence-corrected chi connectivity index (χ2v) is 8.15. The fraction of sp³-hybridized carbons (Fsp3) is 0.364. The third-order valence-corrected chi connectivity index (χ3v) is 4.43. The van der Waals surface area contributed by atoms with Crippen molar-refractivity contribution in [2.45, 2.75) is 27.7 Å². The largest absolute Gasteiger partial charge is 0.444 e. The first-order chi connectivity index (χ1) is 13.1. The molecule has 28 heavy (non-hydrogen) atoms. The van der Waals surface area contributed by atoms with Gasteiger partial charge in [0.1, 0.15) is 0 Å². The Bertz CT molecular complexity index is 845. The summed E-state index contributed by atoms with van der Waals surface area (Å²) in [5, 5.41) is 7.13. The average molecular weight is 402 g/mol. The number of hydrazone groups is 1. The minimum atomic E-state index is -0.542. The number of carbonyl (C=O) groups excluding carboxylic acids is 1. The number of para-hydroxylation sites is 1. The van der Waals surface area contributed by atoms with Crippen molar-refractivity contribution in [3.8, 4) is 0 Å². The number of halogens is 1. The first-order valence-electron chi connectivity index (χ1n) is 9.12. The summed E-state index contributed by atoms with van der Waals surface area (Å²) in [7, 11) is 3.77. The molecule has 2 aromatic rings. The monoisotopic (exact) mass is 401 g/mol. The topological polar surface area (TPSA) is 45.1 Å². The Morgan fingerprint density at radius 2 is 1.75 bits per heavy atom. The quantitative estimate of drug-likeness (QED) is 0.289. The number of hydrogen-bond acceptors (Lipinski definition) is 5. The minimum absolute atomic E-state index is 0.145. The van der Waals surface area contributed by atoms with Crippen LogP contribution in [0.25, 0.3) is 0 Å². The molecule has 0 fully saturated rings. The molecule has 6 heteroatoms. The maximum atomic E-state index is 12.1. The molecule has 0 N–H and O–H groups in total. The van der Waals surface area contributed by atoms with E-state index in [0.29, 0.717) is 5.02 Å². The van der Waals surface area contributed by atoms with Gasteiger partial charge in [-0.15, -0.1) is 0 Å². The maximum Gasteiger partial charge on any atom is 0.312 e. The fourth-order valence-electron chi connectivity index (χ4n) is 2.55. The molecule has 0 aliphatic carbocycles. The number of rotatable bonds is 6. The van der Waals surface area contributed by atoms with Crippen molar-refractivity contribution in [2.75, 3.05) is 30.7 Å². The summed E-state index contributed by atoms with van der Waals surface area (Å²) in [6, 6.07) is 15.5. The molecule has 0 unspecified atom stereocenters. The summed E-state index contributed by atoms with van der Waals surface area (Å²) in [6.45, 7) is 7.58. The molecule has 0 spiro atoms. The molecule has 2 aromatic carbocycles. The van der Waals surface area contributed by atoms with Crippen molar-refractivity contribution < 1.29 is 9.53 Å². The molecule has 0 saturated heterocycles. The van der Waals surface area contributed by atoms with Crippen LogP contribution < -0.4 is 9.91 Å². The molecule has 2 rings (SSSR count). The van der Waals surface area contributed by atoms with Crippen LogP contribution in [0.15, 0.2) is 53.6 Å². The highest BCUT2D eigenvalue weighted by molar-refractivity contribution is 6.31. The van der Waals surface area contributed by atoms with Crippen LogP contribution in [0, 0.1) is 5.41 Å². The predicted molar refractivity (Wildman–Crippen MR) is 117 cm³/mol. The molecule has 0 aromatic heterocycles. The summed E-state index contributed by atoms with van der Waals surface area (Å²) in [5.74, 6) is -0.246. The van der Waals surface area contributed by atoms with Crippen LogP contribution in [0.4, 0.5) is 11.4 Å². The van der Waals surface area contributed by atoms with Crippen molar-refractivity contribution in [2.24, 2.45) is 10.5 Å². The van der Waals surface area contributed by atoms with Gasteiger partial charge < -0.3 is 9.64 Å². The molecular weight excluding hydrogens is 374 g/mol. The molecule has 0 bridgehead atoms. The van der Waals surface area contributed by atoms with Crippen LogP contribution in [0.1, 0.15) is 33.3 Å². The lowest BCUT2D eigenvalue weighted by molar-refractivity contribution is -0.152. The number of hydrogen-bond donors (Lipinski definition) is 0. The van der Waals surface area contributed by atoms with Gasteiger partial charge in [-0.05, 0) is 58.0 Å². The number of anilines is 2. The normalized spacial score (nSPS) is 11.9. The first kappa shape index (κ1) is 21.8. The van der Waals surface area contributed by atoms with Crippen LogP contribution in [0.2, 0.25) is 5.02 Å². The Morgan fingerprint density at radius 1 is 1.11 bits per heavy atom. The highest BCUT2D eigenvalue weighted by Crippen LogP contribution is 2.26. The van der Waals surface area contributed by atoms with Crippen LogP contribution >= 0.6 is 11.6 Å². The second kappa shape index (κ2) is 9.11. The van der Waals surface area contributed by atoms with E-state index in [1.54, 1.807) is 0 Å². The first-order valence-corrected chi connectivity index (χ1v) is 9.49. The summed E-state index contributed by atoms with van der Waals surface area (Å²) >= 11 is 6.23. The Hall–Kier alpha value is -2.53. The van der Waals surface area contributed by atoms with Crippen molar-refractivity contribution in [3.63, 3.8) is 0 Å². The Kier molecular flexibility index (Phi) is 7.08. The van der Waals surface area contributed by atoms with Gasteiger partial charge in [0, 0.05) is 30.4 Å². The van der Waals surface area contributed by atoms with E-state index >= 15 is 0 Å². The lowest BCUT2D eigenvalue weighted by atomic mass is 9.97. The summed E-state index contributed by atoms with van der Waals surface area (Å²) < 4.78 is 5.44. The van der Waals surface area contributed by atoms with Gasteiger partial charge in [-0.25, -0.2) is 0 Å². The van der Waals surface area contributed by atoms with E-state index in [-0.39, 0.29) is 12.7 Å². The van der Waals surface area contributed by atoms with E-state index < -0.39 is 5.41 Å². The smallest absolute Gasteiger partial charge is 0.312 e. The van der Waals surface area contributed by atoms with Crippen molar-refractivity contribution in [1.82, 2.24) is 0 Å². The summed E-state index contributed by atoms with van der Waals surface area (Å²) in [5.41, 5.74) is 3.01. The SMILES string of the molecule is C/C(=N\N(C)c1ccccc1)c1cc(Cl)ccc1N(C)COC(=O)C(C)(C)C. The molecule has 0 radical (unpaired) electrons. The molecule has 0 saturated carbocycles. The molecule has 0 atom stereocenters. The van der Waals surface area contributed by atoms with Gasteiger partial charge in [0.15, 0.2) is 6.73 Å². The zero-order valence-corrected chi connectivity index (χ0v) is 18.1. The van der Waals surface area contributed by atoms with E-state index in [1.807, 2.05) is 100 Å². The number of ether oxygens (including phenoxy) is 1. The van der Waals surface area contributed by atoms with Crippen molar-refractivity contribution >= 4 is 34.7 Å². The van der Waals surface area contributed by atoms with Gasteiger partial charge in [-0.1, -0.05) is 29.8 Å². The molecule has 0 heterocycles. The van der Waals surface area contributed by atoms with Gasteiger partial charge >= 0.3 is 5.97 Å². The molecule has 0 aliphatic rings. The predicted octanol–water partition coefficient (Wildman–Crippen LogP) is 5.18. The molecule has 150 valence electrons. The third kappa shape index (κ3) is 5.73. The lowest BCUT2D eigenvalue weighted by Gasteiger charge is -2.25. The van der Waals surface area contributed by atoms with Crippen LogP contribution in [0.3, 0.4) is 0 Å². The number of esters is 1. The van der Waals surface area contributed by atoms with E-state index in [9.17, 15) is 4.79 Å². The van der Waals surface area contributed by atoms with Crippen LogP contribution in [-0.2, 0) is 9.53 Å². The lowest BCUT2D eigenvalue weighted by Crippen LogP contribution is -2.30. The Balaban J connectivity index is 2.26. The van der Waals surface area contributed by atoms with E-state index in [4.69, 9.17) is 21.4 Å². The average Bonchev–Trinajstić information content (AvgIpc) is 2.65. The van der Waals surface area contributed by atoms with Crippen LogP contribution in [0.5, 0.6) is 0 Å². The second-order valence-electron chi connectivity index (χ2n) is 7.71. The maximum absolute atomic E-state index is 12.1. The number of carbonyl (C=O) groups is 1.